The Bertz CT molecular complexity index is 1190. The van der Waals surface area contributed by atoms with Crippen LogP contribution in [0.1, 0.15) is 32.1 Å². The van der Waals surface area contributed by atoms with Crippen molar-refractivity contribution in [3.05, 3.63) is 30.3 Å². The highest BCUT2D eigenvalue weighted by atomic mass is 16.4. The van der Waals surface area contributed by atoms with Gasteiger partial charge in [0.15, 0.2) is 5.82 Å². The summed E-state index contributed by atoms with van der Waals surface area (Å²) in [4.78, 5) is 29.2. The number of phenols is 1. The van der Waals surface area contributed by atoms with Crippen LogP contribution < -0.4 is 15.5 Å². The number of carboxylic acids is 1. The SMILES string of the molecule is CN(CCN1CCNc2nnc(-c3ccccc3O)cc21)CC(=O)N1CCNCC1.O=C(O)C1CC2(CCC2)C1. The molecular weight excluding hydrogens is 510 g/mol. The molecule has 2 saturated carbocycles. The van der Waals surface area contributed by atoms with Crippen LogP contribution >= 0.6 is 0 Å². The molecule has 11 nitrogen and oxygen atoms in total. The van der Waals surface area contributed by atoms with Gasteiger partial charge in [-0.15, -0.1) is 10.2 Å². The maximum Gasteiger partial charge on any atom is 0.306 e. The van der Waals surface area contributed by atoms with E-state index in [4.69, 9.17) is 5.11 Å². The van der Waals surface area contributed by atoms with Crippen molar-refractivity contribution in [1.82, 2.24) is 25.3 Å². The first kappa shape index (κ1) is 28.1. The number of nitrogens with zero attached hydrogens (tertiary/aromatic N) is 5. The summed E-state index contributed by atoms with van der Waals surface area (Å²) in [5.74, 6) is 0.540. The minimum absolute atomic E-state index is 0.000278. The Morgan fingerprint density at radius 1 is 1.10 bits per heavy atom. The molecule has 1 spiro atoms. The number of nitrogens with one attached hydrogen (secondary N) is 2. The third-order valence-electron chi connectivity index (χ3n) is 8.72. The van der Waals surface area contributed by atoms with Crippen molar-refractivity contribution in [1.29, 1.82) is 0 Å². The molecule has 216 valence electrons. The van der Waals surface area contributed by atoms with E-state index in [1.54, 1.807) is 12.1 Å². The van der Waals surface area contributed by atoms with Crippen LogP contribution in [0.2, 0.25) is 0 Å². The fourth-order valence-electron chi connectivity index (χ4n) is 6.09. The Morgan fingerprint density at radius 2 is 1.85 bits per heavy atom. The number of amides is 1. The van der Waals surface area contributed by atoms with Gasteiger partial charge in [0.2, 0.25) is 5.91 Å². The van der Waals surface area contributed by atoms with Gasteiger partial charge in [-0.2, -0.15) is 0 Å². The Labute approximate surface area is 235 Å². The zero-order chi connectivity index (χ0) is 28.1. The Morgan fingerprint density at radius 3 is 2.52 bits per heavy atom. The number of rotatable bonds is 7. The molecule has 11 heteroatoms. The number of hydrogen-bond acceptors (Lipinski definition) is 9. The molecule has 4 aliphatic rings. The van der Waals surface area contributed by atoms with Gasteiger partial charge < -0.3 is 30.6 Å². The van der Waals surface area contributed by atoms with Gasteiger partial charge in [0.25, 0.3) is 0 Å². The summed E-state index contributed by atoms with van der Waals surface area (Å²) >= 11 is 0. The van der Waals surface area contributed by atoms with Gasteiger partial charge in [0.1, 0.15) is 5.75 Å². The molecule has 1 amide bonds. The zero-order valence-electron chi connectivity index (χ0n) is 23.3. The molecule has 3 fully saturated rings. The van der Waals surface area contributed by atoms with Crippen LogP contribution in [-0.2, 0) is 9.59 Å². The summed E-state index contributed by atoms with van der Waals surface area (Å²) in [6.45, 7) is 6.92. The van der Waals surface area contributed by atoms with Crippen molar-refractivity contribution in [2.45, 2.75) is 32.1 Å². The van der Waals surface area contributed by atoms with Crippen molar-refractivity contribution in [2.24, 2.45) is 11.3 Å². The number of likely N-dealkylation sites (N-methyl/N-ethyl adjacent to an activating group) is 1. The fourth-order valence-corrected chi connectivity index (χ4v) is 6.09. The molecule has 3 heterocycles. The molecule has 0 radical (unpaired) electrons. The molecule has 4 N–H and O–H groups in total. The van der Waals surface area contributed by atoms with Crippen LogP contribution in [0.15, 0.2) is 30.3 Å². The van der Waals surface area contributed by atoms with E-state index in [0.717, 1.165) is 76.7 Å². The van der Waals surface area contributed by atoms with E-state index in [1.807, 2.05) is 30.1 Å². The second kappa shape index (κ2) is 12.4. The zero-order valence-corrected chi connectivity index (χ0v) is 23.3. The summed E-state index contributed by atoms with van der Waals surface area (Å²) in [5, 5.41) is 33.9. The molecule has 2 aliphatic carbocycles. The number of aliphatic carboxylic acids is 1. The number of para-hydroxylation sites is 1. The average Bonchev–Trinajstić information content (AvgIpc) is 2.91. The number of piperazine rings is 1. The van der Waals surface area contributed by atoms with Gasteiger partial charge in [-0.05, 0) is 56.3 Å². The molecule has 2 aromatic rings. The lowest BCUT2D eigenvalue weighted by atomic mass is 9.52. The maximum absolute atomic E-state index is 12.5. The molecule has 0 atom stereocenters. The van der Waals surface area contributed by atoms with Crippen LogP contribution in [0.4, 0.5) is 11.5 Å². The van der Waals surface area contributed by atoms with E-state index >= 15 is 0 Å². The van der Waals surface area contributed by atoms with Gasteiger partial charge >= 0.3 is 5.97 Å². The van der Waals surface area contributed by atoms with Gasteiger partial charge in [0, 0.05) is 57.9 Å². The number of phenolic OH excluding ortho intramolecular Hbond substituents is 1. The van der Waals surface area contributed by atoms with Crippen LogP contribution in [0.3, 0.4) is 0 Å². The third kappa shape index (κ3) is 6.47. The van der Waals surface area contributed by atoms with Crippen LogP contribution in [0.25, 0.3) is 11.3 Å². The number of aromatic hydroxyl groups is 1. The lowest BCUT2D eigenvalue weighted by Gasteiger charge is -2.52. The first-order chi connectivity index (χ1) is 19.3. The molecule has 40 heavy (non-hydrogen) atoms. The van der Waals surface area contributed by atoms with Crippen LogP contribution in [-0.4, -0.2) is 108 Å². The third-order valence-corrected chi connectivity index (χ3v) is 8.72. The van der Waals surface area contributed by atoms with E-state index in [-0.39, 0.29) is 17.6 Å². The summed E-state index contributed by atoms with van der Waals surface area (Å²) in [6, 6.07) is 9.11. The smallest absolute Gasteiger partial charge is 0.306 e. The van der Waals surface area contributed by atoms with Gasteiger partial charge in [-0.1, -0.05) is 18.6 Å². The van der Waals surface area contributed by atoms with Gasteiger partial charge in [-0.25, -0.2) is 0 Å². The number of carboxylic acid groups (broad SMARTS) is 1. The van der Waals surface area contributed by atoms with E-state index in [1.165, 1.54) is 19.3 Å². The Kier molecular flexibility index (Phi) is 8.70. The second-order valence-corrected chi connectivity index (χ2v) is 11.6. The first-order valence-electron chi connectivity index (χ1n) is 14.4. The van der Waals surface area contributed by atoms with Gasteiger partial charge in [-0.3, -0.25) is 14.5 Å². The highest BCUT2D eigenvalue weighted by Crippen LogP contribution is 2.58. The average molecular weight is 552 g/mol. The molecule has 2 aliphatic heterocycles. The standard InChI is InChI=1S/C21H29N7O2.C8H12O2/c1-26(15-20(30)28-9-6-22-7-10-28)12-13-27-11-8-23-21-18(27)14-17(24-25-21)16-4-2-3-5-19(16)29;9-7(10)6-4-8(5-6)2-1-3-8/h2-5,14,22,29H,6-13,15H2,1H3,(H,23,25);6H,1-5H2,(H,9,10). The van der Waals surface area contributed by atoms with Crippen molar-refractivity contribution in [3.63, 3.8) is 0 Å². The number of aromatic nitrogens is 2. The van der Waals surface area contributed by atoms with E-state index in [0.29, 0.717) is 23.2 Å². The maximum atomic E-state index is 12.5. The molecule has 1 aromatic carbocycles. The highest BCUT2D eigenvalue weighted by molar-refractivity contribution is 5.78. The second-order valence-electron chi connectivity index (χ2n) is 11.6. The number of fused-ring (bicyclic) bond motifs is 1. The van der Waals surface area contributed by atoms with Gasteiger partial charge in [0.05, 0.1) is 23.8 Å². The summed E-state index contributed by atoms with van der Waals surface area (Å²) in [5.41, 5.74) is 2.79. The molecule has 6 rings (SSSR count). The first-order valence-corrected chi connectivity index (χ1v) is 14.4. The van der Waals surface area contributed by atoms with Crippen molar-refractivity contribution < 1.29 is 19.8 Å². The quantitative estimate of drug-likeness (QED) is 0.405. The minimum atomic E-state index is -0.586. The minimum Gasteiger partial charge on any atom is -0.507 e. The van der Waals surface area contributed by atoms with Crippen molar-refractivity contribution in [2.75, 3.05) is 76.2 Å². The lowest BCUT2D eigenvalue weighted by molar-refractivity contribution is -0.154. The number of hydrogen-bond donors (Lipinski definition) is 4. The Balaban J connectivity index is 0.000000269. The Hall–Kier alpha value is -3.44. The molecular formula is C29H41N7O4. The lowest BCUT2D eigenvalue weighted by Crippen LogP contribution is -2.49. The summed E-state index contributed by atoms with van der Waals surface area (Å²) < 4.78 is 0. The molecule has 0 bridgehead atoms. The molecule has 1 saturated heterocycles. The number of carbonyl (C=O) groups is 2. The van der Waals surface area contributed by atoms with Crippen molar-refractivity contribution >= 4 is 23.4 Å². The molecule has 1 aromatic heterocycles. The highest BCUT2D eigenvalue weighted by Gasteiger charge is 2.50. The monoisotopic (exact) mass is 551 g/mol. The molecule has 0 unspecified atom stereocenters. The topological polar surface area (TPSA) is 134 Å². The van der Waals surface area contributed by atoms with Crippen LogP contribution in [0, 0.1) is 11.3 Å². The predicted octanol–water partition coefficient (Wildman–Crippen LogP) is 2.10. The number of benzene rings is 1. The number of carbonyl (C=O) groups excluding carboxylic acids is 1. The van der Waals surface area contributed by atoms with Crippen LogP contribution in [0.5, 0.6) is 5.75 Å². The van der Waals surface area contributed by atoms with Crippen molar-refractivity contribution in [3.8, 4) is 17.0 Å². The largest absolute Gasteiger partial charge is 0.507 e. The predicted molar refractivity (Wildman–Crippen MR) is 153 cm³/mol. The summed E-state index contributed by atoms with van der Waals surface area (Å²) in [7, 11) is 1.99. The van der Waals surface area contributed by atoms with E-state index < -0.39 is 5.97 Å². The van der Waals surface area contributed by atoms with E-state index in [2.05, 4.69) is 30.6 Å². The fraction of sp³-hybridized carbons (Fsp3) is 0.586. The normalized spacial score (nSPS) is 19.6. The summed E-state index contributed by atoms with van der Waals surface area (Å²) in [6.07, 6.45) is 5.82. The number of anilines is 2. The van der Waals surface area contributed by atoms with E-state index in [9.17, 15) is 14.7 Å².